The summed E-state index contributed by atoms with van der Waals surface area (Å²) in [7, 11) is 0. The number of ether oxygens (including phenoxy) is 1. The molecule has 0 spiro atoms. The van der Waals surface area contributed by atoms with Gasteiger partial charge in [0.2, 0.25) is 0 Å². The third-order valence-corrected chi connectivity index (χ3v) is 3.24. The third-order valence-electron chi connectivity index (χ3n) is 3.24. The lowest BCUT2D eigenvalue weighted by Crippen LogP contribution is -2.22. The summed E-state index contributed by atoms with van der Waals surface area (Å²) in [5.41, 5.74) is 1.35. The molecule has 1 rings (SSSR count). The van der Waals surface area contributed by atoms with Crippen LogP contribution in [0.4, 0.5) is 0 Å². The largest absolute Gasteiger partial charge is 0.494 e. The Morgan fingerprint density at radius 3 is 2.58 bits per heavy atom. The summed E-state index contributed by atoms with van der Waals surface area (Å²) in [4.78, 5) is 0. The van der Waals surface area contributed by atoms with Crippen LogP contribution in [0.1, 0.15) is 58.6 Å². The van der Waals surface area contributed by atoms with E-state index in [1.165, 1.54) is 24.8 Å². The highest BCUT2D eigenvalue weighted by atomic mass is 16.5. The Bertz CT molecular complexity index is 349. The van der Waals surface area contributed by atoms with Crippen LogP contribution in [0.3, 0.4) is 0 Å². The zero-order chi connectivity index (χ0) is 14.1. The highest BCUT2D eigenvalue weighted by Gasteiger charge is 2.12. The molecule has 2 heteroatoms. The fourth-order valence-electron chi connectivity index (χ4n) is 2.19. The molecule has 0 aliphatic heterocycles. The summed E-state index contributed by atoms with van der Waals surface area (Å²) in [5, 5.41) is 3.65. The summed E-state index contributed by atoms with van der Waals surface area (Å²) in [6, 6.07) is 8.96. The molecule has 1 atom stereocenters. The molecule has 0 aromatic heterocycles. The molecule has 0 saturated heterocycles. The van der Waals surface area contributed by atoms with Crippen LogP contribution in [-0.4, -0.2) is 13.2 Å². The van der Waals surface area contributed by atoms with E-state index in [9.17, 15) is 0 Å². The lowest BCUT2D eigenvalue weighted by atomic mass is 9.97. The summed E-state index contributed by atoms with van der Waals surface area (Å²) in [6.07, 6.45) is 3.61. The molecule has 0 heterocycles. The standard InChI is InChI=1S/C17H29NO/c1-5-12-18-17(11-10-14(3)4)15-8-7-9-16(13-15)19-6-2/h7-9,13-14,17-18H,5-6,10-12H2,1-4H3. The third kappa shape index (κ3) is 6.11. The Morgan fingerprint density at radius 1 is 1.16 bits per heavy atom. The molecule has 1 unspecified atom stereocenters. The van der Waals surface area contributed by atoms with E-state index in [2.05, 4.69) is 44.3 Å². The van der Waals surface area contributed by atoms with E-state index >= 15 is 0 Å². The quantitative estimate of drug-likeness (QED) is 0.705. The van der Waals surface area contributed by atoms with Crippen LogP contribution in [0.2, 0.25) is 0 Å². The van der Waals surface area contributed by atoms with Crippen molar-refractivity contribution in [3.05, 3.63) is 29.8 Å². The Morgan fingerprint density at radius 2 is 1.95 bits per heavy atom. The van der Waals surface area contributed by atoms with Gasteiger partial charge in [-0.25, -0.2) is 0 Å². The minimum absolute atomic E-state index is 0.447. The maximum atomic E-state index is 5.60. The predicted octanol–water partition coefficient (Wildman–Crippen LogP) is 4.56. The summed E-state index contributed by atoms with van der Waals surface area (Å²) >= 11 is 0. The van der Waals surface area contributed by atoms with Crippen molar-refractivity contribution in [3.63, 3.8) is 0 Å². The van der Waals surface area contributed by atoms with E-state index in [1.807, 2.05) is 13.0 Å². The van der Waals surface area contributed by atoms with Gasteiger partial charge in [-0.05, 0) is 56.3 Å². The number of hydrogen-bond acceptors (Lipinski definition) is 2. The van der Waals surface area contributed by atoms with Crippen molar-refractivity contribution < 1.29 is 4.74 Å². The maximum Gasteiger partial charge on any atom is 0.119 e. The number of benzene rings is 1. The molecule has 0 aliphatic carbocycles. The molecule has 108 valence electrons. The van der Waals surface area contributed by atoms with Crippen molar-refractivity contribution in [2.24, 2.45) is 5.92 Å². The van der Waals surface area contributed by atoms with Gasteiger partial charge in [-0.2, -0.15) is 0 Å². The van der Waals surface area contributed by atoms with Crippen LogP contribution in [0.15, 0.2) is 24.3 Å². The van der Waals surface area contributed by atoms with Gasteiger partial charge in [0.1, 0.15) is 5.75 Å². The second-order valence-electron chi connectivity index (χ2n) is 5.48. The summed E-state index contributed by atoms with van der Waals surface area (Å²) in [6.45, 7) is 10.6. The second kappa shape index (κ2) is 8.98. The lowest BCUT2D eigenvalue weighted by molar-refractivity contribution is 0.339. The van der Waals surface area contributed by atoms with Crippen LogP contribution < -0.4 is 10.1 Å². The second-order valence-corrected chi connectivity index (χ2v) is 5.48. The van der Waals surface area contributed by atoms with Crippen molar-refractivity contribution in [3.8, 4) is 5.75 Å². The molecule has 0 saturated carbocycles. The van der Waals surface area contributed by atoms with E-state index in [4.69, 9.17) is 4.74 Å². The molecule has 0 aliphatic rings. The zero-order valence-corrected chi connectivity index (χ0v) is 12.9. The van der Waals surface area contributed by atoms with Gasteiger partial charge in [-0.1, -0.05) is 32.9 Å². The van der Waals surface area contributed by atoms with E-state index in [0.29, 0.717) is 6.04 Å². The molecule has 1 aromatic rings. The van der Waals surface area contributed by atoms with E-state index in [-0.39, 0.29) is 0 Å². The molecule has 0 amide bonds. The lowest BCUT2D eigenvalue weighted by Gasteiger charge is -2.20. The molecular formula is C17H29NO. The molecule has 0 fully saturated rings. The zero-order valence-electron chi connectivity index (χ0n) is 12.9. The number of rotatable bonds is 9. The Balaban J connectivity index is 2.73. The number of nitrogens with one attached hydrogen (secondary N) is 1. The Hall–Kier alpha value is -1.02. The summed E-state index contributed by atoms with van der Waals surface area (Å²) in [5.74, 6) is 1.73. The van der Waals surface area contributed by atoms with Gasteiger partial charge in [-0.3, -0.25) is 0 Å². The molecule has 0 bridgehead atoms. The van der Waals surface area contributed by atoms with Gasteiger partial charge in [0.15, 0.2) is 0 Å². The molecular weight excluding hydrogens is 234 g/mol. The van der Waals surface area contributed by atoms with Crippen molar-refractivity contribution in [1.82, 2.24) is 5.32 Å². The van der Waals surface area contributed by atoms with Crippen LogP contribution in [-0.2, 0) is 0 Å². The SMILES string of the molecule is CCCNC(CCC(C)C)c1cccc(OCC)c1. The van der Waals surface area contributed by atoms with Crippen molar-refractivity contribution in [2.45, 2.75) is 53.0 Å². The van der Waals surface area contributed by atoms with Gasteiger partial charge < -0.3 is 10.1 Å². The van der Waals surface area contributed by atoms with Crippen LogP contribution in [0.25, 0.3) is 0 Å². The Kier molecular flexibility index (Phi) is 7.57. The van der Waals surface area contributed by atoms with Gasteiger partial charge in [0, 0.05) is 6.04 Å². The van der Waals surface area contributed by atoms with E-state index in [1.54, 1.807) is 0 Å². The Labute approximate surface area is 118 Å². The highest BCUT2D eigenvalue weighted by Crippen LogP contribution is 2.24. The molecule has 19 heavy (non-hydrogen) atoms. The van der Waals surface area contributed by atoms with Crippen LogP contribution in [0.5, 0.6) is 5.75 Å². The average molecular weight is 263 g/mol. The topological polar surface area (TPSA) is 21.3 Å². The minimum atomic E-state index is 0.447. The molecule has 1 N–H and O–H groups in total. The minimum Gasteiger partial charge on any atom is -0.494 e. The fraction of sp³-hybridized carbons (Fsp3) is 0.647. The van der Waals surface area contributed by atoms with Crippen molar-refractivity contribution in [2.75, 3.05) is 13.2 Å². The smallest absolute Gasteiger partial charge is 0.119 e. The average Bonchev–Trinajstić information content (AvgIpc) is 2.39. The van der Waals surface area contributed by atoms with E-state index < -0.39 is 0 Å². The first-order valence-corrected chi connectivity index (χ1v) is 7.63. The first-order chi connectivity index (χ1) is 9.17. The predicted molar refractivity (Wildman–Crippen MR) is 82.7 cm³/mol. The first-order valence-electron chi connectivity index (χ1n) is 7.63. The maximum absolute atomic E-state index is 5.60. The van der Waals surface area contributed by atoms with Gasteiger partial charge >= 0.3 is 0 Å². The molecule has 0 radical (unpaired) electrons. The van der Waals surface area contributed by atoms with Crippen molar-refractivity contribution >= 4 is 0 Å². The normalized spacial score (nSPS) is 12.7. The summed E-state index contributed by atoms with van der Waals surface area (Å²) < 4.78 is 5.60. The van der Waals surface area contributed by atoms with Crippen LogP contribution >= 0.6 is 0 Å². The highest BCUT2D eigenvalue weighted by molar-refractivity contribution is 5.30. The molecule has 2 nitrogen and oxygen atoms in total. The molecule has 1 aromatic carbocycles. The first kappa shape index (κ1) is 16.0. The monoisotopic (exact) mass is 263 g/mol. The number of hydrogen-bond donors (Lipinski definition) is 1. The van der Waals surface area contributed by atoms with E-state index in [0.717, 1.165) is 24.8 Å². The van der Waals surface area contributed by atoms with Gasteiger partial charge in [-0.15, -0.1) is 0 Å². The van der Waals surface area contributed by atoms with Gasteiger partial charge in [0.05, 0.1) is 6.61 Å². The fourth-order valence-corrected chi connectivity index (χ4v) is 2.19. The van der Waals surface area contributed by atoms with Crippen LogP contribution in [0, 0.1) is 5.92 Å². The van der Waals surface area contributed by atoms with Crippen molar-refractivity contribution in [1.29, 1.82) is 0 Å². The van der Waals surface area contributed by atoms with Gasteiger partial charge in [0.25, 0.3) is 0 Å².